The van der Waals surface area contributed by atoms with Crippen LogP contribution in [0.25, 0.3) is 22.4 Å². The molecular weight excluding hydrogens is 364 g/mol. The second kappa shape index (κ2) is 6.44. The lowest BCUT2D eigenvalue weighted by Gasteiger charge is -2.16. The zero-order valence-corrected chi connectivity index (χ0v) is 16.2. The van der Waals surface area contributed by atoms with E-state index in [0.717, 1.165) is 29.1 Å². The summed E-state index contributed by atoms with van der Waals surface area (Å²) in [6.07, 6.45) is 4.14. The van der Waals surface area contributed by atoms with Gasteiger partial charge in [-0.2, -0.15) is 0 Å². The Kier molecular flexibility index (Phi) is 3.87. The van der Waals surface area contributed by atoms with Crippen molar-refractivity contribution in [2.75, 3.05) is 5.32 Å². The van der Waals surface area contributed by atoms with Gasteiger partial charge in [0, 0.05) is 18.2 Å². The Hall–Kier alpha value is -3.67. The number of nitrogens with one attached hydrogen (secondary N) is 2. The minimum atomic E-state index is -0.217. The average Bonchev–Trinajstić information content (AvgIpc) is 3.26. The zero-order valence-electron chi connectivity index (χ0n) is 16.2. The van der Waals surface area contributed by atoms with Gasteiger partial charge in [0.2, 0.25) is 0 Å². The number of carbonyl (C=O) groups is 1. The Morgan fingerprint density at radius 2 is 2.07 bits per heavy atom. The van der Waals surface area contributed by atoms with Gasteiger partial charge < -0.3 is 15.0 Å². The number of imidazole rings is 1. The highest BCUT2D eigenvalue weighted by Gasteiger charge is 2.30. The van der Waals surface area contributed by atoms with Gasteiger partial charge in [-0.05, 0) is 61.9 Å². The van der Waals surface area contributed by atoms with Crippen molar-refractivity contribution in [2.24, 2.45) is 0 Å². The number of nitrogens with zero attached hydrogens (tertiary/aromatic N) is 2. The Morgan fingerprint density at radius 1 is 1.17 bits per heavy atom. The van der Waals surface area contributed by atoms with Crippen LogP contribution in [-0.4, -0.2) is 26.5 Å². The molecule has 0 atom stereocenters. The maximum Gasteiger partial charge on any atom is 0.257 e. The molecule has 2 aromatic heterocycles. The van der Waals surface area contributed by atoms with Crippen molar-refractivity contribution in [3.63, 3.8) is 0 Å². The molecular formula is C23H20N4O2. The first-order valence-corrected chi connectivity index (χ1v) is 9.51. The highest BCUT2D eigenvalue weighted by molar-refractivity contribution is 6.11. The lowest BCUT2D eigenvalue weighted by Crippen LogP contribution is -2.24. The fraction of sp³-hybridized carbons (Fsp3) is 0.174. The maximum atomic E-state index is 12.8. The number of rotatable bonds is 3. The van der Waals surface area contributed by atoms with Crippen LogP contribution < -0.4 is 10.1 Å². The van der Waals surface area contributed by atoms with Crippen molar-refractivity contribution in [2.45, 2.75) is 25.9 Å². The quantitative estimate of drug-likeness (QED) is 0.541. The summed E-state index contributed by atoms with van der Waals surface area (Å²) in [5, 5.41) is 2.87. The third-order valence-electron chi connectivity index (χ3n) is 5.01. The van der Waals surface area contributed by atoms with E-state index in [-0.39, 0.29) is 11.5 Å². The predicted molar refractivity (Wildman–Crippen MR) is 112 cm³/mol. The molecule has 2 aromatic carbocycles. The molecule has 0 unspecified atom stereocenters. The number of anilines is 1. The van der Waals surface area contributed by atoms with Crippen molar-refractivity contribution in [1.29, 1.82) is 0 Å². The molecule has 2 N–H and O–H groups in total. The van der Waals surface area contributed by atoms with Gasteiger partial charge in [0.25, 0.3) is 5.91 Å². The number of aromatic amines is 1. The molecule has 1 aliphatic heterocycles. The fourth-order valence-electron chi connectivity index (χ4n) is 3.74. The van der Waals surface area contributed by atoms with Crippen molar-refractivity contribution >= 4 is 22.6 Å². The summed E-state index contributed by atoms with van der Waals surface area (Å²) in [4.78, 5) is 24.9. The summed E-state index contributed by atoms with van der Waals surface area (Å²) in [5.74, 6) is 1.44. The largest absolute Gasteiger partial charge is 0.487 e. The van der Waals surface area contributed by atoms with Crippen LogP contribution in [0.5, 0.6) is 5.75 Å². The molecule has 1 amide bonds. The van der Waals surface area contributed by atoms with E-state index in [2.05, 4.69) is 35.2 Å². The minimum Gasteiger partial charge on any atom is -0.487 e. The van der Waals surface area contributed by atoms with Gasteiger partial charge in [0.1, 0.15) is 22.7 Å². The number of carbonyl (C=O) groups excluding carboxylic acids is 1. The van der Waals surface area contributed by atoms with Crippen molar-refractivity contribution in [3.8, 4) is 17.1 Å². The molecule has 0 aliphatic carbocycles. The van der Waals surface area contributed by atoms with Crippen LogP contribution >= 0.6 is 0 Å². The number of amides is 1. The molecule has 6 heteroatoms. The van der Waals surface area contributed by atoms with Crippen LogP contribution in [0.4, 0.5) is 5.69 Å². The Labute approximate surface area is 168 Å². The van der Waals surface area contributed by atoms with Crippen LogP contribution in [0, 0.1) is 0 Å². The molecule has 6 nitrogen and oxygen atoms in total. The first kappa shape index (κ1) is 17.4. The SMILES string of the molecule is CC1(C)Cc2cc(-c3nc4c(C(=O)Nc5cccnc5)cccc4[nH]3)ccc2O1. The standard InChI is InChI=1S/C23H20N4O2/c1-23(2)12-15-11-14(8-9-19(15)29-23)21-26-18-7-3-6-17(20(18)27-21)22(28)25-16-5-4-10-24-13-16/h3-11,13H,12H2,1-2H3,(H,25,28)(H,26,27). The topological polar surface area (TPSA) is 79.9 Å². The van der Waals surface area contributed by atoms with E-state index in [9.17, 15) is 4.79 Å². The number of hydrogen-bond donors (Lipinski definition) is 2. The van der Waals surface area contributed by atoms with Crippen molar-refractivity contribution in [3.05, 3.63) is 72.1 Å². The summed E-state index contributed by atoms with van der Waals surface area (Å²) in [7, 11) is 0. The lowest BCUT2D eigenvalue weighted by molar-refractivity contribution is 0.102. The second-order valence-electron chi connectivity index (χ2n) is 7.84. The van der Waals surface area contributed by atoms with E-state index < -0.39 is 0 Å². The first-order chi connectivity index (χ1) is 14.0. The maximum absolute atomic E-state index is 12.8. The van der Waals surface area contributed by atoms with Crippen molar-refractivity contribution < 1.29 is 9.53 Å². The second-order valence-corrected chi connectivity index (χ2v) is 7.84. The number of H-pyrrole nitrogens is 1. The Balaban J connectivity index is 1.51. The summed E-state index contributed by atoms with van der Waals surface area (Å²) in [5.41, 5.74) is 4.57. The highest BCUT2D eigenvalue weighted by atomic mass is 16.5. The molecule has 0 bridgehead atoms. The molecule has 4 aromatic rings. The molecule has 29 heavy (non-hydrogen) atoms. The molecule has 0 spiro atoms. The lowest BCUT2D eigenvalue weighted by atomic mass is 10.00. The number of fused-ring (bicyclic) bond motifs is 2. The molecule has 144 valence electrons. The van der Waals surface area contributed by atoms with E-state index in [0.29, 0.717) is 16.8 Å². The predicted octanol–water partition coefficient (Wildman–Crippen LogP) is 4.59. The van der Waals surface area contributed by atoms with Crippen LogP contribution in [0.1, 0.15) is 29.8 Å². The molecule has 3 heterocycles. The van der Waals surface area contributed by atoms with Gasteiger partial charge in [-0.3, -0.25) is 9.78 Å². The Bertz CT molecular complexity index is 1230. The van der Waals surface area contributed by atoms with E-state index in [1.54, 1.807) is 30.6 Å². The average molecular weight is 384 g/mol. The smallest absolute Gasteiger partial charge is 0.257 e. The summed E-state index contributed by atoms with van der Waals surface area (Å²) in [6.45, 7) is 4.17. The number of aromatic nitrogens is 3. The summed E-state index contributed by atoms with van der Waals surface area (Å²) in [6, 6.07) is 15.2. The number of ether oxygens (including phenoxy) is 1. The van der Waals surface area contributed by atoms with Gasteiger partial charge in [0.05, 0.1) is 23.0 Å². The molecule has 1 aliphatic rings. The van der Waals surface area contributed by atoms with Crippen molar-refractivity contribution in [1.82, 2.24) is 15.0 Å². The molecule has 5 rings (SSSR count). The summed E-state index contributed by atoms with van der Waals surface area (Å²) >= 11 is 0. The Morgan fingerprint density at radius 3 is 2.90 bits per heavy atom. The van der Waals surface area contributed by atoms with E-state index in [1.807, 2.05) is 24.3 Å². The van der Waals surface area contributed by atoms with Gasteiger partial charge in [0.15, 0.2) is 0 Å². The minimum absolute atomic E-state index is 0.188. The first-order valence-electron chi connectivity index (χ1n) is 9.51. The van der Waals surface area contributed by atoms with Gasteiger partial charge in [-0.1, -0.05) is 6.07 Å². The number of benzene rings is 2. The third-order valence-corrected chi connectivity index (χ3v) is 5.01. The van der Waals surface area contributed by atoms with Gasteiger partial charge >= 0.3 is 0 Å². The van der Waals surface area contributed by atoms with Gasteiger partial charge in [-0.15, -0.1) is 0 Å². The van der Waals surface area contributed by atoms with E-state index >= 15 is 0 Å². The van der Waals surface area contributed by atoms with Crippen LogP contribution in [0.15, 0.2) is 60.9 Å². The van der Waals surface area contributed by atoms with Crippen LogP contribution in [0.2, 0.25) is 0 Å². The number of pyridine rings is 1. The van der Waals surface area contributed by atoms with E-state index in [1.165, 1.54) is 5.56 Å². The molecule has 0 radical (unpaired) electrons. The van der Waals surface area contributed by atoms with Gasteiger partial charge in [-0.25, -0.2) is 4.98 Å². The number of para-hydroxylation sites is 1. The fourth-order valence-corrected chi connectivity index (χ4v) is 3.74. The van der Waals surface area contributed by atoms with Crippen LogP contribution in [0.3, 0.4) is 0 Å². The molecule has 0 fully saturated rings. The normalized spacial score (nSPS) is 14.4. The van der Waals surface area contributed by atoms with Crippen LogP contribution in [-0.2, 0) is 6.42 Å². The van der Waals surface area contributed by atoms with E-state index in [4.69, 9.17) is 9.72 Å². The highest BCUT2D eigenvalue weighted by Crippen LogP contribution is 2.37. The third kappa shape index (κ3) is 3.23. The monoisotopic (exact) mass is 384 g/mol. The number of hydrogen-bond acceptors (Lipinski definition) is 4. The zero-order chi connectivity index (χ0) is 20.0. The molecule has 0 saturated heterocycles. The summed E-state index contributed by atoms with van der Waals surface area (Å²) < 4.78 is 5.96. The molecule has 0 saturated carbocycles.